The first-order chi connectivity index (χ1) is 8.15. The van der Waals surface area contributed by atoms with Crippen molar-refractivity contribution in [3.63, 3.8) is 0 Å². The molecular formula is C14H30N2O. The lowest BCUT2D eigenvalue weighted by Crippen LogP contribution is -2.52. The maximum atomic E-state index is 5.78. The predicted octanol–water partition coefficient (Wildman–Crippen LogP) is 2.22. The van der Waals surface area contributed by atoms with Gasteiger partial charge in [-0.15, -0.1) is 0 Å². The molecule has 0 radical (unpaired) electrons. The average molecular weight is 242 g/mol. The second-order valence-electron chi connectivity index (χ2n) is 5.25. The van der Waals surface area contributed by atoms with Gasteiger partial charge in [0.05, 0.1) is 12.2 Å². The van der Waals surface area contributed by atoms with Gasteiger partial charge in [0, 0.05) is 19.1 Å². The van der Waals surface area contributed by atoms with Gasteiger partial charge in [-0.1, -0.05) is 13.8 Å². The smallest absolute Gasteiger partial charge is 0.0678 e. The Bertz CT molecular complexity index is 192. The van der Waals surface area contributed by atoms with Crippen LogP contribution in [0.15, 0.2) is 0 Å². The first kappa shape index (κ1) is 14.9. The van der Waals surface area contributed by atoms with Crippen LogP contribution in [0, 0.1) is 0 Å². The van der Waals surface area contributed by atoms with E-state index < -0.39 is 0 Å². The molecular weight excluding hydrogens is 212 g/mol. The molecule has 102 valence electrons. The van der Waals surface area contributed by atoms with E-state index in [1.165, 1.54) is 25.9 Å². The fraction of sp³-hybridized carbons (Fsp3) is 1.00. The Labute approximate surface area is 107 Å². The molecule has 0 aliphatic carbocycles. The first-order valence-electron chi connectivity index (χ1n) is 7.23. The number of piperidine rings is 1. The quantitative estimate of drug-likeness (QED) is 0.701. The fourth-order valence-corrected chi connectivity index (χ4v) is 2.88. The molecule has 0 aromatic rings. The molecule has 2 heterocycles. The summed E-state index contributed by atoms with van der Waals surface area (Å²) in [7, 11) is 2.22. The summed E-state index contributed by atoms with van der Waals surface area (Å²) >= 11 is 0. The lowest BCUT2D eigenvalue weighted by atomic mass is 10.0. The van der Waals surface area contributed by atoms with E-state index in [0.29, 0.717) is 12.2 Å². The Hall–Kier alpha value is -0.120. The summed E-state index contributed by atoms with van der Waals surface area (Å²) in [6.45, 7) is 13.1. The maximum Gasteiger partial charge on any atom is 0.0678 e. The Balaban J connectivity index is 0.000000686. The molecule has 17 heavy (non-hydrogen) atoms. The number of hydrogen-bond acceptors (Lipinski definition) is 3. The van der Waals surface area contributed by atoms with Crippen LogP contribution in [0.1, 0.15) is 40.5 Å². The number of rotatable bonds is 1. The Morgan fingerprint density at radius 3 is 1.88 bits per heavy atom. The van der Waals surface area contributed by atoms with Crippen molar-refractivity contribution in [3.8, 4) is 0 Å². The van der Waals surface area contributed by atoms with Crippen molar-refractivity contribution in [3.05, 3.63) is 0 Å². The molecule has 0 aromatic heterocycles. The van der Waals surface area contributed by atoms with E-state index in [0.717, 1.165) is 19.1 Å². The molecule has 2 aliphatic heterocycles. The van der Waals surface area contributed by atoms with Gasteiger partial charge in [0.25, 0.3) is 0 Å². The van der Waals surface area contributed by atoms with E-state index in [1.54, 1.807) is 0 Å². The number of nitrogens with zero attached hydrogens (tertiary/aromatic N) is 2. The Kier molecular flexibility index (Phi) is 6.45. The van der Waals surface area contributed by atoms with Crippen LogP contribution >= 0.6 is 0 Å². The lowest BCUT2D eigenvalue weighted by molar-refractivity contribution is -0.0858. The molecule has 0 aromatic carbocycles. The van der Waals surface area contributed by atoms with E-state index >= 15 is 0 Å². The summed E-state index contributed by atoms with van der Waals surface area (Å²) in [5.74, 6) is 0. The molecule has 2 atom stereocenters. The highest BCUT2D eigenvalue weighted by atomic mass is 16.5. The lowest BCUT2D eigenvalue weighted by Gasteiger charge is -2.43. The molecule has 2 aliphatic rings. The van der Waals surface area contributed by atoms with Crippen molar-refractivity contribution in [2.24, 2.45) is 0 Å². The van der Waals surface area contributed by atoms with Crippen LogP contribution in [0.4, 0.5) is 0 Å². The Morgan fingerprint density at radius 1 is 0.941 bits per heavy atom. The number of ether oxygens (including phenoxy) is 1. The molecule has 0 bridgehead atoms. The number of hydrogen-bond donors (Lipinski definition) is 0. The fourth-order valence-electron chi connectivity index (χ4n) is 2.88. The first-order valence-corrected chi connectivity index (χ1v) is 7.23. The van der Waals surface area contributed by atoms with Crippen molar-refractivity contribution in [1.82, 2.24) is 9.80 Å². The highest BCUT2D eigenvalue weighted by molar-refractivity contribution is 4.83. The van der Waals surface area contributed by atoms with E-state index in [-0.39, 0.29) is 0 Å². The van der Waals surface area contributed by atoms with Gasteiger partial charge in [-0.25, -0.2) is 0 Å². The van der Waals surface area contributed by atoms with Crippen LogP contribution in [-0.2, 0) is 4.74 Å². The largest absolute Gasteiger partial charge is 0.373 e. The summed E-state index contributed by atoms with van der Waals surface area (Å²) < 4.78 is 5.78. The zero-order valence-corrected chi connectivity index (χ0v) is 12.3. The average Bonchev–Trinajstić information content (AvgIpc) is 2.31. The van der Waals surface area contributed by atoms with Gasteiger partial charge >= 0.3 is 0 Å². The van der Waals surface area contributed by atoms with Gasteiger partial charge in [-0.3, -0.25) is 4.90 Å². The number of likely N-dealkylation sites (tertiary alicyclic amines) is 1. The summed E-state index contributed by atoms with van der Waals surface area (Å²) in [4.78, 5) is 5.08. The van der Waals surface area contributed by atoms with Gasteiger partial charge in [0.2, 0.25) is 0 Å². The topological polar surface area (TPSA) is 15.7 Å². The second-order valence-corrected chi connectivity index (χ2v) is 5.25. The van der Waals surface area contributed by atoms with Gasteiger partial charge in [0.1, 0.15) is 0 Å². The monoisotopic (exact) mass is 242 g/mol. The Morgan fingerprint density at radius 2 is 1.41 bits per heavy atom. The zero-order valence-electron chi connectivity index (χ0n) is 12.3. The van der Waals surface area contributed by atoms with Crippen LogP contribution in [0.3, 0.4) is 0 Å². The van der Waals surface area contributed by atoms with Crippen molar-refractivity contribution in [2.45, 2.75) is 58.8 Å². The molecule has 3 nitrogen and oxygen atoms in total. The minimum Gasteiger partial charge on any atom is -0.373 e. The molecule has 2 rings (SSSR count). The van der Waals surface area contributed by atoms with Crippen LogP contribution in [0.5, 0.6) is 0 Å². The zero-order chi connectivity index (χ0) is 12.8. The summed E-state index contributed by atoms with van der Waals surface area (Å²) in [6, 6.07) is 0.801. The highest BCUT2D eigenvalue weighted by Gasteiger charge is 2.29. The van der Waals surface area contributed by atoms with Gasteiger partial charge in [-0.05, 0) is 46.8 Å². The van der Waals surface area contributed by atoms with Crippen molar-refractivity contribution < 1.29 is 4.74 Å². The SMILES string of the molecule is CC.CC1CN(C2CCN(C)CC2)CC(C)O1. The van der Waals surface area contributed by atoms with E-state index in [1.807, 2.05) is 13.8 Å². The van der Waals surface area contributed by atoms with Crippen LogP contribution in [0.25, 0.3) is 0 Å². The van der Waals surface area contributed by atoms with E-state index in [9.17, 15) is 0 Å². The molecule has 0 amide bonds. The third kappa shape index (κ3) is 4.57. The molecule has 0 N–H and O–H groups in total. The molecule has 0 saturated carbocycles. The van der Waals surface area contributed by atoms with E-state index in [2.05, 4.69) is 30.7 Å². The minimum absolute atomic E-state index is 0.411. The normalized spacial score (nSPS) is 33.0. The van der Waals surface area contributed by atoms with E-state index in [4.69, 9.17) is 4.74 Å². The van der Waals surface area contributed by atoms with Crippen molar-refractivity contribution in [2.75, 3.05) is 33.2 Å². The third-order valence-electron chi connectivity index (χ3n) is 3.65. The summed E-state index contributed by atoms with van der Waals surface area (Å²) in [6.07, 6.45) is 3.48. The minimum atomic E-state index is 0.411. The second kappa shape index (κ2) is 7.34. The van der Waals surface area contributed by atoms with Crippen LogP contribution in [-0.4, -0.2) is 61.3 Å². The maximum absolute atomic E-state index is 5.78. The van der Waals surface area contributed by atoms with Gasteiger partial charge in [-0.2, -0.15) is 0 Å². The number of morpholine rings is 1. The standard InChI is InChI=1S/C12H24N2O.C2H6/c1-10-8-14(9-11(2)15-10)12-4-6-13(3)7-5-12;1-2/h10-12H,4-9H2,1-3H3;1-2H3. The summed E-state index contributed by atoms with van der Waals surface area (Å²) in [5.41, 5.74) is 0. The molecule has 2 fully saturated rings. The molecule has 2 saturated heterocycles. The molecule has 3 heteroatoms. The third-order valence-corrected chi connectivity index (χ3v) is 3.65. The highest BCUT2D eigenvalue weighted by Crippen LogP contribution is 2.20. The van der Waals surface area contributed by atoms with Crippen molar-refractivity contribution >= 4 is 0 Å². The predicted molar refractivity (Wildman–Crippen MR) is 73.4 cm³/mol. The summed E-state index contributed by atoms with van der Waals surface area (Å²) in [5, 5.41) is 0. The van der Waals surface area contributed by atoms with Crippen LogP contribution < -0.4 is 0 Å². The van der Waals surface area contributed by atoms with Crippen molar-refractivity contribution in [1.29, 1.82) is 0 Å². The molecule has 2 unspecified atom stereocenters. The molecule has 0 spiro atoms. The van der Waals surface area contributed by atoms with Gasteiger partial charge in [0.15, 0.2) is 0 Å². The van der Waals surface area contributed by atoms with Gasteiger partial charge < -0.3 is 9.64 Å². The van der Waals surface area contributed by atoms with Crippen LogP contribution in [0.2, 0.25) is 0 Å².